The van der Waals surface area contributed by atoms with Crippen molar-refractivity contribution >= 4 is 21.9 Å². The van der Waals surface area contributed by atoms with Crippen LogP contribution in [-0.4, -0.2) is 0 Å². The van der Waals surface area contributed by atoms with E-state index in [9.17, 15) is 0 Å². The molecule has 36 heavy (non-hydrogen) atoms. The predicted molar refractivity (Wildman–Crippen MR) is 153 cm³/mol. The Morgan fingerprint density at radius 3 is 2.22 bits per heavy atom. The van der Waals surface area contributed by atoms with Gasteiger partial charge in [-0.2, -0.15) is 0 Å². The van der Waals surface area contributed by atoms with Gasteiger partial charge in [-0.3, -0.25) is 0 Å². The largest absolute Gasteiger partial charge is 0.456 e. The van der Waals surface area contributed by atoms with Crippen molar-refractivity contribution in [3.05, 3.63) is 107 Å². The van der Waals surface area contributed by atoms with Crippen LogP contribution in [0.5, 0.6) is 0 Å². The van der Waals surface area contributed by atoms with Gasteiger partial charge in [0.2, 0.25) is 0 Å². The van der Waals surface area contributed by atoms with Crippen LogP contribution in [0.4, 0.5) is 0 Å². The van der Waals surface area contributed by atoms with Crippen molar-refractivity contribution < 1.29 is 4.42 Å². The zero-order valence-corrected chi connectivity index (χ0v) is 22.0. The van der Waals surface area contributed by atoms with Gasteiger partial charge in [0.05, 0.1) is 0 Å². The highest BCUT2D eigenvalue weighted by atomic mass is 16.3. The van der Waals surface area contributed by atoms with Crippen LogP contribution < -0.4 is 0 Å². The van der Waals surface area contributed by atoms with Gasteiger partial charge in [0, 0.05) is 10.8 Å². The summed E-state index contributed by atoms with van der Waals surface area (Å²) >= 11 is 0. The number of para-hydroxylation sites is 1. The Kier molecular flexibility index (Phi) is 5.56. The molecule has 182 valence electrons. The molecule has 0 bridgehead atoms. The Bertz CT molecular complexity index is 1560. The first-order chi connectivity index (χ1) is 17.3. The molecule has 0 saturated carbocycles. The van der Waals surface area contributed by atoms with Crippen molar-refractivity contribution in [2.45, 2.75) is 70.6 Å². The van der Waals surface area contributed by atoms with Crippen LogP contribution in [0.3, 0.4) is 0 Å². The monoisotopic (exact) mass is 472 g/mol. The van der Waals surface area contributed by atoms with Gasteiger partial charge in [0.15, 0.2) is 0 Å². The molecular formula is C35H36O. The molecule has 1 aliphatic carbocycles. The third kappa shape index (κ3) is 4.05. The third-order valence-corrected chi connectivity index (χ3v) is 8.53. The van der Waals surface area contributed by atoms with E-state index in [-0.39, 0.29) is 10.8 Å². The van der Waals surface area contributed by atoms with Crippen molar-refractivity contribution in [3.8, 4) is 11.1 Å². The molecule has 1 heteroatoms. The lowest BCUT2D eigenvalue weighted by atomic mass is 9.63. The highest BCUT2D eigenvalue weighted by Crippen LogP contribution is 2.47. The Hall–Kier alpha value is -3.32. The first-order valence-electron chi connectivity index (χ1n) is 13.5. The second-order valence-electron chi connectivity index (χ2n) is 12.0. The fraction of sp³-hybridized carbons (Fsp3) is 0.314. The third-order valence-electron chi connectivity index (χ3n) is 8.53. The Morgan fingerprint density at radius 2 is 1.36 bits per heavy atom. The van der Waals surface area contributed by atoms with Crippen LogP contribution >= 0.6 is 0 Å². The predicted octanol–water partition coefficient (Wildman–Crippen LogP) is 9.78. The number of fused-ring (bicyclic) bond motifs is 4. The van der Waals surface area contributed by atoms with Crippen molar-refractivity contribution in [2.75, 3.05) is 0 Å². The highest BCUT2D eigenvalue weighted by Gasteiger charge is 2.37. The van der Waals surface area contributed by atoms with Gasteiger partial charge in [0.1, 0.15) is 11.2 Å². The molecule has 0 amide bonds. The van der Waals surface area contributed by atoms with Gasteiger partial charge in [-0.15, -0.1) is 0 Å². The average molecular weight is 473 g/mol. The number of hydrogen-bond donors (Lipinski definition) is 0. The standard InChI is InChI=1S/C35H36O/c1-34(2)20-21-35(3,4)31-23-26(17-18-30(31)34)27-13-6-5-11-25(27)12-9-10-24-16-19-33-29(22-24)28-14-7-8-15-32(28)36-33/h5-8,11,13-19,22-23H,9-10,12,20-21H2,1-4H3. The van der Waals surface area contributed by atoms with Crippen molar-refractivity contribution in [3.63, 3.8) is 0 Å². The van der Waals surface area contributed by atoms with Gasteiger partial charge in [-0.25, -0.2) is 0 Å². The minimum atomic E-state index is 0.228. The van der Waals surface area contributed by atoms with E-state index < -0.39 is 0 Å². The maximum Gasteiger partial charge on any atom is 0.135 e. The molecule has 6 rings (SSSR count). The quantitative estimate of drug-likeness (QED) is 0.248. The van der Waals surface area contributed by atoms with E-state index in [2.05, 4.69) is 107 Å². The van der Waals surface area contributed by atoms with Gasteiger partial charge in [-0.1, -0.05) is 94.4 Å². The lowest BCUT2D eigenvalue weighted by molar-refractivity contribution is 0.332. The lowest BCUT2D eigenvalue weighted by Gasteiger charge is -2.42. The van der Waals surface area contributed by atoms with Gasteiger partial charge in [-0.05, 0) is 94.5 Å². The highest BCUT2D eigenvalue weighted by molar-refractivity contribution is 6.04. The van der Waals surface area contributed by atoms with E-state index in [0.29, 0.717) is 0 Å². The topological polar surface area (TPSA) is 13.1 Å². The summed E-state index contributed by atoms with van der Waals surface area (Å²) in [4.78, 5) is 0. The number of aryl methyl sites for hydroxylation is 2. The summed E-state index contributed by atoms with van der Waals surface area (Å²) < 4.78 is 6.01. The zero-order chi connectivity index (χ0) is 24.9. The minimum absolute atomic E-state index is 0.228. The molecule has 0 saturated heterocycles. The first kappa shape index (κ1) is 23.1. The molecule has 0 radical (unpaired) electrons. The van der Waals surface area contributed by atoms with Crippen molar-refractivity contribution in [1.29, 1.82) is 0 Å². The van der Waals surface area contributed by atoms with Crippen LogP contribution in [0.2, 0.25) is 0 Å². The number of rotatable bonds is 5. The van der Waals surface area contributed by atoms with E-state index in [1.807, 2.05) is 6.07 Å². The van der Waals surface area contributed by atoms with Crippen LogP contribution in [0, 0.1) is 0 Å². The van der Waals surface area contributed by atoms with Gasteiger partial charge < -0.3 is 4.42 Å². The zero-order valence-electron chi connectivity index (χ0n) is 22.0. The summed E-state index contributed by atoms with van der Waals surface area (Å²) in [6.07, 6.45) is 5.76. The second-order valence-corrected chi connectivity index (χ2v) is 12.0. The molecule has 0 spiro atoms. The molecule has 0 aliphatic heterocycles. The molecule has 1 heterocycles. The summed E-state index contributed by atoms with van der Waals surface area (Å²) in [5, 5.41) is 2.43. The first-order valence-corrected chi connectivity index (χ1v) is 13.5. The minimum Gasteiger partial charge on any atom is -0.456 e. The van der Waals surface area contributed by atoms with Crippen LogP contribution in [0.1, 0.15) is 69.2 Å². The maximum atomic E-state index is 6.01. The van der Waals surface area contributed by atoms with Gasteiger partial charge in [0.25, 0.3) is 0 Å². The normalized spacial score (nSPS) is 16.3. The Balaban J connectivity index is 1.25. The molecule has 1 aliphatic rings. The maximum absolute atomic E-state index is 6.01. The van der Waals surface area contributed by atoms with Crippen LogP contribution in [0.25, 0.3) is 33.1 Å². The summed E-state index contributed by atoms with van der Waals surface area (Å²) in [6, 6.07) is 31.3. The molecular weight excluding hydrogens is 436 g/mol. The van der Waals surface area contributed by atoms with E-state index in [0.717, 1.165) is 30.4 Å². The Morgan fingerprint density at radius 1 is 0.639 bits per heavy atom. The summed E-state index contributed by atoms with van der Waals surface area (Å²) in [7, 11) is 0. The van der Waals surface area contributed by atoms with Crippen LogP contribution in [0.15, 0.2) is 89.3 Å². The number of benzene rings is 4. The summed E-state index contributed by atoms with van der Waals surface area (Å²) in [5.74, 6) is 0. The average Bonchev–Trinajstić information content (AvgIpc) is 3.25. The summed E-state index contributed by atoms with van der Waals surface area (Å²) in [6.45, 7) is 9.63. The Labute approximate surface area is 215 Å². The van der Waals surface area contributed by atoms with Crippen molar-refractivity contribution in [2.24, 2.45) is 0 Å². The molecule has 1 nitrogen and oxygen atoms in total. The molecule has 5 aromatic rings. The van der Waals surface area contributed by atoms with Crippen LogP contribution in [-0.2, 0) is 23.7 Å². The van der Waals surface area contributed by atoms with E-state index in [1.165, 1.54) is 57.0 Å². The SMILES string of the molecule is CC1(C)CCC(C)(C)c2cc(-c3ccccc3CCCc3ccc4oc5ccccc5c4c3)ccc21. The smallest absolute Gasteiger partial charge is 0.135 e. The molecule has 1 aromatic heterocycles. The van der Waals surface area contributed by atoms with E-state index in [1.54, 1.807) is 0 Å². The van der Waals surface area contributed by atoms with E-state index >= 15 is 0 Å². The van der Waals surface area contributed by atoms with Gasteiger partial charge >= 0.3 is 0 Å². The fourth-order valence-electron chi connectivity index (χ4n) is 6.19. The van der Waals surface area contributed by atoms with Crippen molar-refractivity contribution in [1.82, 2.24) is 0 Å². The van der Waals surface area contributed by atoms with E-state index in [4.69, 9.17) is 4.42 Å². The molecule has 0 fully saturated rings. The lowest BCUT2D eigenvalue weighted by Crippen LogP contribution is -2.33. The fourth-order valence-corrected chi connectivity index (χ4v) is 6.19. The number of hydrogen-bond acceptors (Lipinski definition) is 1. The summed E-state index contributed by atoms with van der Waals surface area (Å²) in [5.41, 5.74) is 11.1. The second kappa shape index (κ2) is 8.66. The number of furan rings is 1. The molecule has 4 aromatic carbocycles. The molecule has 0 unspecified atom stereocenters. The molecule has 0 N–H and O–H groups in total. The molecule has 0 atom stereocenters.